The average Bonchev–Trinajstić information content (AvgIpc) is 2.89. The van der Waals surface area contributed by atoms with E-state index >= 15 is 0 Å². The van der Waals surface area contributed by atoms with E-state index < -0.39 is 21.9 Å². The molecular weight excluding hydrogens is 494 g/mol. The maximum absolute atomic E-state index is 12.7. The number of rotatable bonds is 11. The van der Waals surface area contributed by atoms with E-state index in [1.54, 1.807) is 19.1 Å². The number of aromatic nitrogens is 1. The minimum Gasteiger partial charge on any atom is -0.458 e. The van der Waals surface area contributed by atoms with Crippen LogP contribution in [-0.2, 0) is 26.0 Å². The Kier molecular flexibility index (Phi) is 10.2. The molecule has 37 heavy (non-hydrogen) atoms. The van der Waals surface area contributed by atoms with Crippen molar-refractivity contribution in [1.82, 2.24) is 15.0 Å². The standard InChI is InChI=1S/C27H35N3O6S/c1-3-19(2)36-27(33)24-14-11-22(18-29-24)26(32)30-37(34,35)23-12-9-20(10-13-23)15-16-28-25(31)17-21-7-5-4-6-8-21/h9-14,18-19,21H,3-8,15-17H2,1-2H3,(H,28,31)(H,30,32)/t19-/m0/s1. The largest absolute Gasteiger partial charge is 0.458 e. The summed E-state index contributed by atoms with van der Waals surface area (Å²) in [6.45, 7) is 4.11. The summed E-state index contributed by atoms with van der Waals surface area (Å²) in [6, 6.07) is 8.78. The highest BCUT2D eigenvalue weighted by Gasteiger charge is 2.20. The maximum atomic E-state index is 12.7. The first-order chi connectivity index (χ1) is 17.7. The Labute approximate surface area is 218 Å². The molecule has 1 saturated carbocycles. The van der Waals surface area contributed by atoms with Gasteiger partial charge < -0.3 is 10.1 Å². The van der Waals surface area contributed by atoms with E-state index in [-0.39, 0.29) is 28.2 Å². The highest BCUT2D eigenvalue weighted by Crippen LogP contribution is 2.26. The summed E-state index contributed by atoms with van der Waals surface area (Å²) in [7, 11) is -4.11. The molecule has 1 aliphatic carbocycles. The number of ether oxygens (including phenoxy) is 1. The molecule has 3 rings (SSSR count). The summed E-state index contributed by atoms with van der Waals surface area (Å²) in [5, 5.41) is 2.94. The molecule has 10 heteroatoms. The van der Waals surface area contributed by atoms with Crippen LogP contribution in [0.3, 0.4) is 0 Å². The SMILES string of the molecule is CC[C@H](C)OC(=O)c1ccc(C(=O)NS(=O)(=O)c2ccc(CCNC(=O)CC3CCCCC3)cc2)cn1. The van der Waals surface area contributed by atoms with Crippen molar-refractivity contribution in [1.29, 1.82) is 0 Å². The zero-order valence-corrected chi connectivity index (χ0v) is 22.2. The number of esters is 1. The molecule has 0 radical (unpaired) electrons. The van der Waals surface area contributed by atoms with Gasteiger partial charge in [0.05, 0.1) is 16.6 Å². The zero-order valence-electron chi connectivity index (χ0n) is 21.4. The normalized spacial score (nSPS) is 15.0. The fourth-order valence-corrected chi connectivity index (χ4v) is 5.10. The summed E-state index contributed by atoms with van der Waals surface area (Å²) in [5.74, 6) is -0.936. The topological polar surface area (TPSA) is 132 Å². The Bertz CT molecular complexity index is 1170. The Morgan fingerprint density at radius 3 is 2.38 bits per heavy atom. The summed E-state index contributed by atoms with van der Waals surface area (Å²) in [6.07, 6.45) is 8.55. The molecule has 1 heterocycles. The minimum atomic E-state index is -4.11. The fourth-order valence-electron chi connectivity index (χ4n) is 4.12. The molecule has 1 aromatic carbocycles. The molecule has 9 nitrogen and oxygen atoms in total. The van der Waals surface area contributed by atoms with Crippen LogP contribution < -0.4 is 10.0 Å². The first-order valence-electron chi connectivity index (χ1n) is 12.8. The monoisotopic (exact) mass is 529 g/mol. The molecule has 0 spiro atoms. The maximum Gasteiger partial charge on any atom is 0.357 e. The molecule has 2 aromatic rings. The van der Waals surface area contributed by atoms with E-state index in [1.165, 1.54) is 43.5 Å². The molecular formula is C27H35N3O6S. The number of carbonyl (C=O) groups is 3. The van der Waals surface area contributed by atoms with Gasteiger partial charge in [-0.05, 0) is 68.4 Å². The van der Waals surface area contributed by atoms with Gasteiger partial charge in [0.15, 0.2) is 0 Å². The molecule has 200 valence electrons. The quantitative estimate of drug-likeness (QED) is 0.423. The van der Waals surface area contributed by atoms with Crippen molar-refractivity contribution >= 4 is 27.8 Å². The molecule has 1 aliphatic rings. The third-order valence-corrected chi connectivity index (χ3v) is 7.86. The van der Waals surface area contributed by atoms with Crippen LogP contribution in [0, 0.1) is 5.92 Å². The Hall–Kier alpha value is -3.27. The summed E-state index contributed by atoms with van der Waals surface area (Å²) in [4.78, 5) is 40.5. The van der Waals surface area contributed by atoms with Crippen LogP contribution in [0.1, 0.15) is 85.2 Å². The van der Waals surface area contributed by atoms with Crippen molar-refractivity contribution in [2.45, 2.75) is 76.2 Å². The molecule has 2 amide bonds. The number of hydrogen-bond acceptors (Lipinski definition) is 7. The van der Waals surface area contributed by atoms with E-state index in [2.05, 4.69) is 10.3 Å². The third kappa shape index (κ3) is 8.66. The predicted molar refractivity (Wildman–Crippen MR) is 138 cm³/mol. The molecule has 1 fully saturated rings. The lowest BCUT2D eigenvalue weighted by molar-refractivity contribution is -0.122. The summed E-state index contributed by atoms with van der Waals surface area (Å²) >= 11 is 0. The predicted octanol–water partition coefficient (Wildman–Crippen LogP) is 3.78. The fraction of sp³-hybridized carbons (Fsp3) is 0.481. The highest BCUT2D eigenvalue weighted by atomic mass is 32.2. The Morgan fingerprint density at radius 1 is 1.05 bits per heavy atom. The Balaban J connectivity index is 1.49. The molecule has 0 saturated heterocycles. The van der Waals surface area contributed by atoms with E-state index in [1.807, 2.05) is 11.6 Å². The molecule has 1 aromatic heterocycles. The number of nitrogens with one attached hydrogen (secondary N) is 2. The number of amides is 2. The van der Waals surface area contributed by atoms with Gasteiger partial charge >= 0.3 is 5.97 Å². The van der Waals surface area contributed by atoms with Gasteiger partial charge in [-0.1, -0.05) is 38.3 Å². The first-order valence-corrected chi connectivity index (χ1v) is 14.3. The van der Waals surface area contributed by atoms with Gasteiger partial charge in [-0.2, -0.15) is 0 Å². The number of hydrogen-bond donors (Lipinski definition) is 2. The second-order valence-electron chi connectivity index (χ2n) is 9.44. The average molecular weight is 530 g/mol. The van der Waals surface area contributed by atoms with Crippen LogP contribution in [0.25, 0.3) is 0 Å². The highest BCUT2D eigenvalue weighted by molar-refractivity contribution is 7.90. The van der Waals surface area contributed by atoms with Gasteiger partial charge in [0, 0.05) is 19.2 Å². The Morgan fingerprint density at radius 2 is 1.76 bits per heavy atom. The minimum absolute atomic E-state index is 0.00995. The van der Waals surface area contributed by atoms with Crippen molar-refractivity contribution < 1.29 is 27.5 Å². The number of sulfonamides is 1. The van der Waals surface area contributed by atoms with Gasteiger partial charge in [0.25, 0.3) is 15.9 Å². The summed E-state index contributed by atoms with van der Waals surface area (Å²) in [5.41, 5.74) is 0.886. The second kappa shape index (κ2) is 13.3. The van der Waals surface area contributed by atoms with Crippen LogP contribution in [0.2, 0.25) is 0 Å². The van der Waals surface area contributed by atoms with E-state index in [4.69, 9.17) is 4.74 Å². The van der Waals surface area contributed by atoms with Crippen LogP contribution in [-0.4, -0.2) is 43.8 Å². The lowest BCUT2D eigenvalue weighted by Crippen LogP contribution is -2.30. The van der Waals surface area contributed by atoms with Gasteiger partial charge in [0.2, 0.25) is 5.91 Å². The lowest BCUT2D eigenvalue weighted by Gasteiger charge is -2.20. The van der Waals surface area contributed by atoms with Crippen LogP contribution in [0.15, 0.2) is 47.5 Å². The van der Waals surface area contributed by atoms with Crippen molar-refractivity contribution in [2.24, 2.45) is 5.92 Å². The van der Waals surface area contributed by atoms with Gasteiger partial charge in [-0.25, -0.2) is 22.9 Å². The zero-order chi connectivity index (χ0) is 26.8. The number of pyridine rings is 1. The van der Waals surface area contributed by atoms with Crippen molar-refractivity contribution in [3.05, 3.63) is 59.4 Å². The molecule has 0 aliphatic heterocycles. The first kappa shape index (κ1) is 28.3. The number of carbonyl (C=O) groups excluding carboxylic acids is 3. The molecule has 2 N–H and O–H groups in total. The van der Waals surface area contributed by atoms with E-state index in [0.29, 0.717) is 31.7 Å². The van der Waals surface area contributed by atoms with Crippen LogP contribution in [0.4, 0.5) is 0 Å². The molecule has 0 bridgehead atoms. The van der Waals surface area contributed by atoms with E-state index in [0.717, 1.165) is 24.6 Å². The summed E-state index contributed by atoms with van der Waals surface area (Å²) < 4.78 is 32.5. The van der Waals surface area contributed by atoms with Gasteiger partial charge in [-0.15, -0.1) is 0 Å². The smallest absolute Gasteiger partial charge is 0.357 e. The second-order valence-corrected chi connectivity index (χ2v) is 11.1. The van der Waals surface area contributed by atoms with Gasteiger partial charge in [0.1, 0.15) is 5.69 Å². The number of nitrogens with zero attached hydrogens (tertiary/aromatic N) is 1. The van der Waals surface area contributed by atoms with Crippen LogP contribution in [0.5, 0.6) is 0 Å². The number of benzene rings is 1. The van der Waals surface area contributed by atoms with Crippen molar-refractivity contribution in [3.63, 3.8) is 0 Å². The molecule has 1 atom stereocenters. The van der Waals surface area contributed by atoms with Crippen molar-refractivity contribution in [3.8, 4) is 0 Å². The van der Waals surface area contributed by atoms with Crippen LogP contribution >= 0.6 is 0 Å². The van der Waals surface area contributed by atoms with E-state index in [9.17, 15) is 22.8 Å². The van der Waals surface area contributed by atoms with Gasteiger partial charge in [-0.3, -0.25) is 9.59 Å². The lowest BCUT2D eigenvalue weighted by atomic mass is 9.87. The molecule has 0 unspecified atom stereocenters. The third-order valence-electron chi connectivity index (χ3n) is 6.51. The van der Waals surface area contributed by atoms with Crippen molar-refractivity contribution in [2.75, 3.05) is 6.54 Å².